The van der Waals surface area contributed by atoms with Crippen molar-refractivity contribution in [1.82, 2.24) is 55.9 Å². The van der Waals surface area contributed by atoms with Gasteiger partial charge in [0.15, 0.2) is 5.60 Å². The van der Waals surface area contributed by atoms with E-state index in [-0.39, 0.29) is 58.9 Å². The van der Waals surface area contributed by atoms with Crippen LogP contribution in [0.3, 0.4) is 0 Å². The zero-order valence-electron chi connectivity index (χ0n) is 65.0. The maximum absolute atomic E-state index is 14.7. The molecule has 6 aromatic carbocycles. The summed E-state index contributed by atoms with van der Waals surface area (Å²) in [5, 5.41) is 15.4. The number of pyridine rings is 1. The Kier molecular flexibility index (Phi) is 25.4. The Hall–Kier alpha value is -12.0. The van der Waals surface area contributed by atoms with Gasteiger partial charge in [-0.25, -0.2) is 14.8 Å². The van der Waals surface area contributed by atoms with Crippen molar-refractivity contribution >= 4 is 110 Å². The number of carbonyl (C=O) groups is 9. The SMILES string of the molecule is COc1ccc(C#CCNC2(C)CCN(C3CCN(c4nc([C@@](COCNC(=O)CNC(=O)[C@@H](Cc5ccccc5)C(C(N)=O)C(NC(=O)CCN5C(=O)C(Sc6ccccc6)=C(Sc6ccccc6)C5=O)C(N)=O)(OC5CC5)c5ccccc5)c5cc(-c6cn(C)c(=O)c7[nH]ccc67)ccc5n4)CC3)CC2)cc1N1CCC(=O)NC1=O. The number of methoxy groups -OCH3 is 1. The van der Waals surface area contributed by atoms with Crippen LogP contribution in [-0.4, -0.2) is 179 Å². The standard InChI is InChI=1S/C87H91N15O13S2/c1-86(93-39-16-19-55-26-31-68(113-3)67(48-55)101-43-35-70(104)96-85(101)112)37-45-99(46-38-86)58-33-41-100(42-34-58)84-94-66-30-27-56(65-51-98(2)81(109)73-62(65)32-40-90-73)49-63(66)77(97-84)87(115-59-28-29-59,57-20-10-5-11-21-57)52-114-53-92-71(105)50-91-80(108)64(47-54-17-8-4-9-18-54)72(78(88)106)74(79(89)107)95-69(103)36-44-102-82(110)75(116-60-22-12-6-13-23-60)76(83(102)111)117-61-24-14-7-15-25-61/h4-15,17-18,20-27,30-32,40,48-49,51,58-59,64,72,74,90,93H,28-29,33-39,41-47,50,52-53H2,1-3H3,(H2,88,106)(H2,89,107)(H,91,108)(H,92,105)(H,95,103)(H,96,104,112)/t64-,72?,74?,87-/m0/s1. The number of nitrogens with two attached hydrogens (primary N) is 2. The number of thioether (sulfide) groups is 2. The van der Waals surface area contributed by atoms with Crippen molar-refractivity contribution < 1.29 is 57.4 Å². The number of aromatic nitrogens is 4. The molecule has 2 unspecified atom stereocenters. The first-order valence-electron chi connectivity index (χ1n) is 39.0. The average molecular weight is 1620 g/mol. The minimum absolute atomic E-state index is 0.151. The lowest BCUT2D eigenvalue weighted by Gasteiger charge is -2.45. The molecule has 5 aliphatic rings. The quantitative estimate of drug-likeness (QED) is 0.00874. The van der Waals surface area contributed by atoms with E-state index in [1.54, 1.807) is 103 Å². The molecule has 0 spiro atoms. The minimum atomic E-state index is -1.88. The second-order valence-corrected chi connectivity index (χ2v) is 32.1. The zero-order chi connectivity index (χ0) is 81.9. The highest BCUT2D eigenvalue weighted by molar-refractivity contribution is 8.08. The van der Waals surface area contributed by atoms with Gasteiger partial charge in [-0.2, -0.15) is 0 Å². The molecule has 3 aromatic heterocycles. The molecule has 30 heteroatoms. The van der Waals surface area contributed by atoms with Crippen molar-refractivity contribution in [3.63, 3.8) is 0 Å². The van der Waals surface area contributed by atoms with Crippen LogP contribution in [-0.2, 0) is 66.9 Å². The van der Waals surface area contributed by atoms with Crippen LogP contribution in [0.4, 0.5) is 16.4 Å². The van der Waals surface area contributed by atoms with Crippen LogP contribution < -0.4 is 58.1 Å². The number of aromatic amines is 1. The molecule has 10 amide bonds. The summed E-state index contributed by atoms with van der Waals surface area (Å²) in [6.45, 7) is 4.38. The molecule has 4 fully saturated rings. The van der Waals surface area contributed by atoms with Crippen LogP contribution in [0, 0.1) is 23.7 Å². The lowest BCUT2D eigenvalue weighted by atomic mass is 9.80. The maximum atomic E-state index is 14.7. The van der Waals surface area contributed by atoms with Gasteiger partial charge in [-0.15, -0.1) is 0 Å². The number of fused-ring (bicyclic) bond motifs is 2. The molecule has 7 heterocycles. The number of anilines is 2. The number of aryl methyl sites for hydroxylation is 1. The van der Waals surface area contributed by atoms with E-state index in [0.717, 1.165) is 96.6 Å². The van der Waals surface area contributed by atoms with Gasteiger partial charge in [0, 0.05) is 115 Å². The van der Waals surface area contributed by atoms with E-state index in [1.807, 2.05) is 85.1 Å². The van der Waals surface area contributed by atoms with Crippen LogP contribution in [0.5, 0.6) is 5.75 Å². The number of benzene rings is 6. The first-order valence-corrected chi connectivity index (χ1v) is 40.6. The fraction of sp³-hybridized carbons (Fsp3) is 0.333. The summed E-state index contributed by atoms with van der Waals surface area (Å²) < 4.78 is 21.0. The molecule has 1 saturated carbocycles. The summed E-state index contributed by atoms with van der Waals surface area (Å²) in [7, 11) is 3.25. The van der Waals surface area contributed by atoms with Gasteiger partial charge in [-0.3, -0.25) is 58.3 Å². The number of hydrogen-bond donors (Lipinski definition) is 8. The Bertz CT molecular complexity index is 5350. The van der Waals surface area contributed by atoms with Crippen molar-refractivity contribution in [2.75, 3.05) is 82.6 Å². The second-order valence-electron chi connectivity index (χ2n) is 29.9. The third-order valence-electron chi connectivity index (χ3n) is 22.0. The smallest absolute Gasteiger partial charge is 0.328 e. The fourth-order valence-corrected chi connectivity index (χ4v) is 17.5. The number of ether oxygens (including phenoxy) is 3. The number of rotatable bonds is 32. The molecule has 9 aromatic rings. The number of nitrogens with one attached hydrogen (secondary N) is 6. The molecule has 3 saturated heterocycles. The summed E-state index contributed by atoms with van der Waals surface area (Å²) in [6.07, 6.45) is 7.82. The van der Waals surface area contributed by atoms with Crippen LogP contribution in [0.15, 0.2) is 201 Å². The highest BCUT2D eigenvalue weighted by Crippen LogP contribution is 2.46. The molecule has 117 heavy (non-hydrogen) atoms. The second kappa shape index (κ2) is 36.5. The van der Waals surface area contributed by atoms with Crippen molar-refractivity contribution in [2.24, 2.45) is 30.4 Å². The highest BCUT2D eigenvalue weighted by Gasteiger charge is 2.47. The first-order chi connectivity index (χ1) is 56.6. The van der Waals surface area contributed by atoms with Gasteiger partial charge in [0.2, 0.25) is 41.4 Å². The van der Waals surface area contributed by atoms with Crippen LogP contribution in [0.1, 0.15) is 80.7 Å². The summed E-state index contributed by atoms with van der Waals surface area (Å²) in [5.41, 5.74) is 16.0. The zero-order valence-corrected chi connectivity index (χ0v) is 66.6. The van der Waals surface area contributed by atoms with Gasteiger partial charge in [0.05, 0.1) is 71.5 Å². The monoisotopic (exact) mass is 1620 g/mol. The summed E-state index contributed by atoms with van der Waals surface area (Å²) in [6, 6.07) is 47.5. The summed E-state index contributed by atoms with van der Waals surface area (Å²) >= 11 is 2.23. The van der Waals surface area contributed by atoms with E-state index in [4.69, 9.17) is 35.6 Å². The largest absolute Gasteiger partial charge is 0.495 e. The van der Waals surface area contributed by atoms with E-state index in [2.05, 4.69) is 60.1 Å². The number of imide groups is 2. The number of nitrogens with zero attached hydrogens (tertiary/aromatic N) is 7. The Morgan fingerprint density at radius 3 is 2.04 bits per heavy atom. The Morgan fingerprint density at radius 1 is 0.735 bits per heavy atom. The molecule has 10 N–H and O–H groups in total. The van der Waals surface area contributed by atoms with Gasteiger partial charge in [-0.05, 0) is 129 Å². The van der Waals surface area contributed by atoms with Gasteiger partial charge in [0.25, 0.3) is 17.4 Å². The lowest BCUT2D eigenvalue weighted by molar-refractivity contribution is -0.140. The molecule has 1 aliphatic carbocycles. The highest BCUT2D eigenvalue weighted by atomic mass is 32.2. The van der Waals surface area contributed by atoms with E-state index < -0.39 is 97.1 Å². The van der Waals surface area contributed by atoms with E-state index in [1.165, 1.54) is 12.0 Å². The molecule has 14 rings (SSSR count). The number of H-pyrrole nitrogens is 1. The minimum Gasteiger partial charge on any atom is -0.495 e. The number of piperidine rings is 2. The molecule has 0 radical (unpaired) electrons. The summed E-state index contributed by atoms with van der Waals surface area (Å²) in [4.78, 5) is 160. The van der Waals surface area contributed by atoms with Gasteiger partial charge in [0.1, 0.15) is 24.0 Å². The summed E-state index contributed by atoms with van der Waals surface area (Å²) in [5.74, 6) is -2.18. The third-order valence-corrected chi connectivity index (χ3v) is 24.3. The fourth-order valence-electron chi connectivity index (χ4n) is 15.5. The van der Waals surface area contributed by atoms with Crippen molar-refractivity contribution in [3.05, 3.63) is 219 Å². The van der Waals surface area contributed by atoms with Crippen molar-refractivity contribution in [1.29, 1.82) is 0 Å². The Balaban J connectivity index is 0.661. The van der Waals surface area contributed by atoms with E-state index in [0.29, 0.717) is 91.7 Å². The molecule has 4 aliphatic heterocycles. The number of likely N-dealkylation sites (tertiary alicyclic amines) is 1. The average Bonchev–Trinajstić information content (AvgIpc) is 1.73. The molecule has 28 nitrogen and oxygen atoms in total. The molecule has 4 atom stereocenters. The number of urea groups is 1. The molecule has 604 valence electrons. The van der Waals surface area contributed by atoms with Crippen LogP contribution in [0.25, 0.3) is 32.9 Å². The third kappa shape index (κ3) is 19.0. The van der Waals surface area contributed by atoms with Crippen molar-refractivity contribution in [3.8, 4) is 28.7 Å². The van der Waals surface area contributed by atoms with Crippen LogP contribution in [0.2, 0.25) is 0 Å². The van der Waals surface area contributed by atoms with Crippen molar-refractivity contribution in [2.45, 2.75) is 104 Å². The lowest BCUT2D eigenvalue weighted by Crippen LogP contribution is -2.58. The predicted molar refractivity (Wildman–Crippen MR) is 444 cm³/mol. The number of primary amides is 2. The normalized spacial score (nSPS) is 17.2. The topological polar surface area (TPSA) is 370 Å². The molecule has 0 bridgehead atoms. The number of amides is 10. The van der Waals surface area contributed by atoms with Gasteiger partial charge < -0.3 is 66.3 Å². The maximum Gasteiger partial charge on any atom is 0.328 e. The number of carbonyl (C=O) groups excluding carboxylic acids is 9. The Morgan fingerprint density at radius 2 is 1.40 bits per heavy atom. The molecular weight excluding hydrogens is 1530 g/mol. The van der Waals surface area contributed by atoms with E-state index in [9.17, 15) is 47.9 Å². The Labute approximate surface area is 683 Å². The number of hydrogen-bond acceptors (Lipinski definition) is 20. The van der Waals surface area contributed by atoms with Gasteiger partial charge >= 0.3 is 6.03 Å². The van der Waals surface area contributed by atoms with E-state index >= 15 is 0 Å². The first kappa shape index (κ1) is 81.6. The van der Waals surface area contributed by atoms with Gasteiger partial charge in [-0.1, -0.05) is 138 Å². The predicted octanol–water partition coefficient (Wildman–Crippen LogP) is 7.51. The molecular formula is C87H91N15O13S2. The van der Waals surface area contributed by atoms with Crippen LogP contribution >= 0.6 is 23.5 Å².